The number of rotatable bonds is 1. The van der Waals surface area contributed by atoms with Gasteiger partial charge in [-0.15, -0.1) is 0 Å². The number of aromatic nitrogens is 1. The second-order valence-electron chi connectivity index (χ2n) is 5.31. The third-order valence-corrected chi connectivity index (χ3v) is 4.78. The van der Waals surface area contributed by atoms with Gasteiger partial charge in [0, 0.05) is 11.8 Å². The molecule has 2 nitrogen and oxygen atoms in total. The molecule has 1 aliphatic carbocycles. The highest BCUT2D eigenvalue weighted by Crippen LogP contribution is 2.35. The number of fused-ring (bicyclic) bond motifs is 1. The number of aromatic amines is 1. The van der Waals surface area contributed by atoms with Crippen molar-refractivity contribution >= 4 is 34.1 Å². The summed E-state index contributed by atoms with van der Waals surface area (Å²) in [5.74, 6) is 0.452. The number of H-pyrrole nitrogens is 1. The lowest BCUT2D eigenvalue weighted by atomic mass is 10.0. The summed E-state index contributed by atoms with van der Waals surface area (Å²) >= 11 is 12.5. The predicted octanol–water partition coefficient (Wildman–Crippen LogP) is 4.80. The van der Waals surface area contributed by atoms with Crippen molar-refractivity contribution in [1.82, 2.24) is 4.98 Å². The zero-order valence-corrected chi connectivity index (χ0v) is 12.2. The summed E-state index contributed by atoms with van der Waals surface area (Å²) in [5.41, 5.74) is 2.47. The summed E-state index contributed by atoms with van der Waals surface area (Å²) in [6.45, 7) is 1.86. The number of hydrogen-bond donors (Lipinski definition) is 1. The standard InChI is InChI=1S/C15H15Cl2NO/c1-8-6-10(16)15-13(14(8)17)12(19)7-11(18-15)9-4-2-3-5-9/h6-7,9H,2-5H2,1H3,(H,18,19). The van der Waals surface area contributed by atoms with Gasteiger partial charge in [0.15, 0.2) is 5.43 Å². The Labute approximate surface area is 121 Å². The van der Waals surface area contributed by atoms with E-state index in [2.05, 4.69) is 4.98 Å². The maximum atomic E-state index is 12.3. The van der Waals surface area contributed by atoms with Gasteiger partial charge in [-0.3, -0.25) is 4.79 Å². The van der Waals surface area contributed by atoms with Crippen LogP contribution in [0.1, 0.15) is 42.9 Å². The summed E-state index contributed by atoms with van der Waals surface area (Å²) in [6.07, 6.45) is 4.73. The number of pyridine rings is 1. The van der Waals surface area contributed by atoms with E-state index in [1.54, 1.807) is 12.1 Å². The van der Waals surface area contributed by atoms with E-state index >= 15 is 0 Å². The van der Waals surface area contributed by atoms with E-state index in [4.69, 9.17) is 23.2 Å². The molecule has 1 saturated carbocycles. The Morgan fingerprint density at radius 2 is 1.89 bits per heavy atom. The van der Waals surface area contributed by atoms with Crippen molar-refractivity contribution < 1.29 is 0 Å². The third-order valence-electron chi connectivity index (χ3n) is 4.00. The van der Waals surface area contributed by atoms with Gasteiger partial charge in [-0.2, -0.15) is 0 Å². The van der Waals surface area contributed by atoms with Gasteiger partial charge in [0.2, 0.25) is 0 Å². The molecule has 0 aliphatic heterocycles. The van der Waals surface area contributed by atoms with E-state index < -0.39 is 0 Å². The summed E-state index contributed by atoms with van der Waals surface area (Å²) in [7, 11) is 0. The zero-order chi connectivity index (χ0) is 13.6. The Kier molecular flexibility index (Phi) is 3.32. The smallest absolute Gasteiger partial charge is 0.191 e. The van der Waals surface area contributed by atoms with Crippen molar-refractivity contribution in [1.29, 1.82) is 0 Å². The minimum absolute atomic E-state index is 0.0359. The lowest BCUT2D eigenvalue weighted by Crippen LogP contribution is -2.09. The Morgan fingerprint density at radius 1 is 1.21 bits per heavy atom. The van der Waals surface area contributed by atoms with Gasteiger partial charge in [-0.1, -0.05) is 36.0 Å². The predicted molar refractivity (Wildman–Crippen MR) is 80.5 cm³/mol. The highest BCUT2D eigenvalue weighted by Gasteiger charge is 2.20. The minimum Gasteiger partial charge on any atom is -0.357 e. The highest BCUT2D eigenvalue weighted by atomic mass is 35.5. The van der Waals surface area contributed by atoms with E-state index in [1.807, 2.05) is 6.92 Å². The van der Waals surface area contributed by atoms with Crippen molar-refractivity contribution in [3.8, 4) is 0 Å². The molecule has 1 fully saturated rings. The van der Waals surface area contributed by atoms with Gasteiger partial charge in [0.25, 0.3) is 0 Å². The third kappa shape index (κ3) is 2.17. The maximum absolute atomic E-state index is 12.3. The van der Waals surface area contributed by atoms with Crippen LogP contribution in [0.3, 0.4) is 0 Å². The molecular formula is C15H15Cl2NO. The highest BCUT2D eigenvalue weighted by molar-refractivity contribution is 6.40. The van der Waals surface area contributed by atoms with Crippen LogP contribution in [0.2, 0.25) is 10.0 Å². The first kappa shape index (κ1) is 13.0. The van der Waals surface area contributed by atoms with Crippen LogP contribution in [0.5, 0.6) is 0 Å². The SMILES string of the molecule is Cc1cc(Cl)c2[nH]c(C3CCCC3)cc(=O)c2c1Cl. The van der Waals surface area contributed by atoms with Crippen LogP contribution in [0.15, 0.2) is 16.9 Å². The van der Waals surface area contributed by atoms with Crippen molar-refractivity contribution in [2.75, 3.05) is 0 Å². The molecule has 0 spiro atoms. The molecule has 0 amide bonds. The van der Waals surface area contributed by atoms with Crippen molar-refractivity contribution in [2.45, 2.75) is 38.5 Å². The molecule has 0 radical (unpaired) electrons. The van der Waals surface area contributed by atoms with E-state index in [0.29, 0.717) is 26.9 Å². The van der Waals surface area contributed by atoms with Crippen LogP contribution in [-0.4, -0.2) is 4.98 Å². The van der Waals surface area contributed by atoms with E-state index in [0.717, 1.165) is 24.1 Å². The molecule has 0 atom stereocenters. The van der Waals surface area contributed by atoms with Gasteiger partial charge in [0.05, 0.1) is 20.9 Å². The molecule has 4 heteroatoms. The summed E-state index contributed by atoms with van der Waals surface area (Å²) in [5, 5.41) is 1.57. The Hall–Kier alpha value is -0.990. The van der Waals surface area contributed by atoms with E-state index in [1.165, 1.54) is 12.8 Å². The van der Waals surface area contributed by atoms with Gasteiger partial charge in [-0.25, -0.2) is 0 Å². The average Bonchev–Trinajstić information content (AvgIpc) is 2.89. The molecule has 1 aliphatic rings. The molecule has 1 aromatic carbocycles. The molecule has 0 saturated heterocycles. The Balaban J connectivity index is 2.29. The van der Waals surface area contributed by atoms with Gasteiger partial charge in [0.1, 0.15) is 0 Å². The molecule has 2 aromatic rings. The summed E-state index contributed by atoms with van der Waals surface area (Å²) in [4.78, 5) is 15.6. The topological polar surface area (TPSA) is 32.9 Å². The number of nitrogens with one attached hydrogen (secondary N) is 1. The lowest BCUT2D eigenvalue weighted by molar-refractivity contribution is 0.700. The summed E-state index contributed by atoms with van der Waals surface area (Å²) < 4.78 is 0. The zero-order valence-electron chi connectivity index (χ0n) is 10.7. The average molecular weight is 296 g/mol. The number of aryl methyl sites for hydroxylation is 1. The van der Waals surface area contributed by atoms with E-state index in [-0.39, 0.29) is 5.43 Å². The van der Waals surface area contributed by atoms with Gasteiger partial charge in [-0.05, 0) is 37.3 Å². The molecule has 19 heavy (non-hydrogen) atoms. The second-order valence-corrected chi connectivity index (χ2v) is 6.09. The van der Waals surface area contributed by atoms with Crippen LogP contribution in [0.25, 0.3) is 10.9 Å². The molecular weight excluding hydrogens is 281 g/mol. The molecule has 1 aromatic heterocycles. The normalized spacial score (nSPS) is 16.4. The van der Waals surface area contributed by atoms with Gasteiger partial charge < -0.3 is 4.98 Å². The molecule has 0 unspecified atom stereocenters. The molecule has 1 N–H and O–H groups in total. The fourth-order valence-electron chi connectivity index (χ4n) is 2.96. The number of hydrogen-bond acceptors (Lipinski definition) is 1. The second kappa shape index (κ2) is 4.84. The van der Waals surface area contributed by atoms with Crippen LogP contribution in [0, 0.1) is 6.92 Å². The largest absolute Gasteiger partial charge is 0.357 e. The van der Waals surface area contributed by atoms with Crippen molar-refractivity contribution in [3.63, 3.8) is 0 Å². The maximum Gasteiger partial charge on any atom is 0.191 e. The first-order chi connectivity index (χ1) is 9.08. The van der Waals surface area contributed by atoms with Crippen LogP contribution in [0.4, 0.5) is 0 Å². The van der Waals surface area contributed by atoms with Crippen molar-refractivity contribution in [2.24, 2.45) is 0 Å². The number of benzene rings is 1. The van der Waals surface area contributed by atoms with Crippen LogP contribution in [-0.2, 0) is 0 Å². The monoisotopic (exact) mass is 295 g/mol. The minimum atomic E-state index is -0.0359. The summed E-state index contributed by atoms with van der Waals surface area (Å²) in [6, 6.07) is 3.50. The van der Waals surface area contributed by atoms with E-state index in [9.17, 15) is 4.79 Å². The fraction of sp³-hybridized carbons (Fsp3) is 0.400. The molecule has 3 rings (SSSR count). The molecule has 0 bridgehead atoms. The number of halogens is 2. The lowest BCUT2D eigenvalue weighted by Gasteiger charge is -2.13. The Morgan fingerprint density at radius 3 is 2.58 bits per heavy atom. The van der Waals surface area contributed by atoms with Gasteiger partial charge >= 0.3 is 0 Å². The van der Waals surface area contributed by atoms with Crippen LogP contribution >= 0.6 is 23.2 Å². The first-order valence-corrected chi connectivity index (χ1v) is 7.35. The Bertz CT molecular complexity index is 699. The molecule has 100 valence electrons. The fourth-order valence-corrected chi connectivity index (χ4v) is 3.50. The first-order valence-electron chi connectivity index (χ1n) is 6.59. The quantitative estimate of drug-likeness (QED) is 0.805. The van der Waals surface area contributed by atoms with Crippen LogP contribution < -0.4 is 5.43 Å². The molecule has 1 heterocycles. The van der Waals surface area contributed by atoms with Crippen molar-refractivity contribution in [3.05, 3.63) is 43.7 Å².